The minimum absolute atomic E-state index is 0.0407. The molecule has 0 saturated heterocycles. The van der Waals surface area contributed by atoms with E-state index in [9.17, 15) is 4.39 Å². The fourth-order valence-corrected chi connectivity index (χ4v) is 1.44. The quantitative estimate of drug-likeness (QED) is 0.750. The second-order valence-electron chi connectivity index (χ2n) is 2.90. The molecule has 0 unspecified atom stereocenters. The lowest BCUT2D eigenvalue weighted by Crippen LogP contribution is -2.05. The van der Waals surface area contributed by atoms with Crippen molar-refractivity contribution in [2.75, 3.05) is 0 Å². The third-order valence-corrected chi connectivity index (χ3v) is 2.36. The van der Waals surface area contributed by atoms with Gasteiger partial charge < -0.3 is 0 Å². The second kappa shape index (κ2) is 4.05. The zero-order valence-electron chi connectivity index (χ0n) is 7.53. The van der Waals surface area contributed by atoms with Gasteiger partial charge in [0.2, 0.25) is 0 Å². The summed E-state index contributed by atoms with van der Waals surface area (Å²) in [6.45, 7) is 3.71. The van der Waals surface area contributed by atoms with Gasteiger partial charge in [-0.05, 0) is 31.0 Å². The Kier molecular flexibility index (Phi) is 3.25. The largest absolute Gasteiger partial charge is 0.300 e. The number of nitrogens with two attached hydrogens (primary N) is 1. The minimum Gasteiger partial charge on any atom is -0.300 e. The second-order valence-corrected chi connectivity index (χ2v) is 3.31. The first-order valence-electron chi connectivity index (χ1n) is 3.83. The van der Waals surface area contributed by atoms with Crippen LogP contribution in [-0.4, -0.2) is 0 Å². The Bertz CT molecular complexity index is 302. The fourth-order valence-electron chi connectivity index (χ4n) is 1.16. The summed E-state index contributed by atoms with van der Waals surface area (Å²) >= 11 is 5.66. The van der Waals surface area contributed by atoms with Gasteiger partial charge in [0.05, 0.1) is 11.6 Å². The SMILES string of the molecule is Cc1cc(Cl)c(F)c(CON)c1C. The van der Waals surface area contributed by atoms with E-state index in [1.807, 2.05) is 13.8 Å². The van der Waals surface area contributed by atoms with Crippen molar-refractivity contribution in [2.45, 2.75) is 20.5 Å². The van der Waals surface area contributed by atoms with Crippen LogP contribution in [-0.2, 0) is 11.4 Å². The fraction of sp³-hybridized carbons (Fsp3) is 0.333. The Morgan fingerprint density at radius 1 is 1.54 bits per heavy atom. The van der Waals surface area contributed by atoms with Gasteiger partial charge in [-0.2, -0.15) is 0 Å². The van der Waals surface area contributed by atoms with Gasteiger partial charge in [0.25, 0.3) is 0 Å². The van der Waals surface area contributed by atoms with Crippen LogP contribution in [0.15, 0.2) is 6.07 Å². The van der Waals surface area contributed by atoms with E-state index >= 15 is 0 Å². The lowest BCUT2D eigenvalue weighted by atomic mass is 10.0. The number of aryl methyl sites for hydroxylation is 1. The number of halogens is 2. The van der Waals surface area contributed by atoms with Crippen LogP contribution >= 0.6 is 11.6 Å². The highest BCUT2D eigenvalue weighted by molar-refractivity contribution is 6.30. The van der Waals surface area contributed by atoms with E-state index in [0.29, 0.717) is 5.56 Å². The van der Waals surface area contributed by atoms with Crippen molar-refractivity contribution in [3.63, 3.8) is 0 Å². The highest BCUT2D eigenvalue weighted by Gasteiger charge is 2.12. The van der Waals surface area contributed by atoms with Gasteiger partial charge in [-0.15, -0.1) is 0 Å². The molecule has 1 aromatic rings. The van der Waals surface area contributed by atoms with Crippen molar-refractivity contribution in [1.29, 1.82) is 0 Å². The molecule has 0 atom stereocenters. The molecule has 0 aliphatic carbocycles. The Labute approximate surface area is 81.4 Å². The number of rotatable bonds is 2. The lowest BCUT2D eigenvalue weighted by molar-refractivity contribution is 0.121. The molecule has 2 N–H and O–H groups in total. The van der Waals surface area contributed by atoms with Gasteiger partial charge in [0.15, 0.2) is 0 Å². The molecule has 0 aliphatic rings. The molecule has 0 saturated carbocycles. The lowest BCUT2D eigenvalue weighted by Gasteiger charge is -2.10. The molecule has 0 aliphatic heterocycles. The molecular weight excluding hydrogens is 193 g/mol. The van der Waals surface area contributed by atoms with Crippen molar-refractivity contribution in [1.82, 2.24) is 0 Å². The molecule has 0 bridgehead atoms. The van der Waals surface area contributed by atoms with Crippen molar-refractivity contribution in [3.05, 3.63) is 33.6 Å². The number of benzene rings is 1. The molecule has 0 spiro atoms. The molecular formula is C9H11ClFNO. The molecule has 4 heteroatoms. The van der Waals surface area contributed by atoms with Crippen LogP contribution in [0.3, 0.4) is 0 Å². The van der Waals surface area contributed by atoms with E-state index in [4.69, 9.17) is 17.5 Å². The van der Waals surface area contributed by atoms with Crippen LogP contribution in [0, 0.1) is 19.7 Å². The summed E-state index contributed by atoms with van der Waals surface area (Å²) in [6, 6.07) is 1.59. The van der Waals surface area contributed by atoms with Crippen LogP contribution in [0.2, 0.25) is 5.02 Å². The molecule has 2 nitrogen and oxygen atoms in total. The molecule has 0 aromatic heterocycles. The molecule has 0 radical (unpaired) electrons. The summed E-state index contributed by atoms with van der Waals surface area (Å²) in [5.74, 6) is 4.44. The van der Waals surface area contributed by atoms with E-state index in [0.717, 1.165) is 11.1 Å². The van der Waals surface area contributed by atoms with Crippen LogP contribution < -0.4 is 5.90 Å². The van der Waals surface area contributed by atoms with Crippen LogP contribution in [0.4, 0.5) is 4.39 Å². The normalized spacial score (nSPS) is 10.5. The molecule has 13 heavy (non-hydrogen) atoms. The van der Waals surface area contributed by atoms with E-state index in [1.54, 1.807) is 6.07 Å². The predicted molar refractivity (Wildman–Crippen MR) is 49.9 cm³/mol. The topological polar surface area (TPSA) is 35.2 Å². The Balaban J connectivity index is 3.28. The molecule has 0 amide bonds. The van der Waals surface area contributed by atoms with E-state index in [2.05, 4.69) is 4.84 Å². The highest BCUT2D eigenvalue weighted by atomic mass is 35.5. The smallest absolute Gasteiger partial charge is 0.147 e. The van der Waals surface area contributed by atoms with E-state index < -0.39 is 5.82 Å². The van der Waals surface area contributed by atoms with Crippen LogP contribution in [0.5, 0.6) is 0 Å². The van der Waals surface area contributed by atoms with Crippen LogP contribution in [0.25, 0.3) is 0 Å². The van der Waals surface area contributed by atoms with Crippen molar-refractivity contribution >= 4 is 11.6 Å². The molecule has 1 rings (SSSR count). The number of hydrogen-bond acceptors (Lipinski definition) is 2. The van der Waals surface area contributed by atoms with Gasteiger partial charge in [0.1, 0.15) is 5.82 Å². The summed E-state index contributed by atoms with van der Waals surface area (Å²) in [5.41, 5.74) is 2.18. The Morgan fingerprint density at radius 2 is 2.15 bits per heavy atom. The van der Waals surface area contributed by atoms with Gasteiger partial charge in [-0.3, -0.25) is 4.84 Å². The predicted octanol–water partition coefficient (Wildman–Crippen LogP) is 2.49. The maximum atomic E-state index is 13.4. The average molecular weight is 204 g/mol. The Morgan fingerprint density at radius 3 is 2.69 bits per heavy atom. The van der Waals surface area contributed by atoms with Gasteiger partial charge >= 0.3 is 0 Å². The summed E-state index contributed by atoms with van der Waals surface area (Å²) in [7, 11) is 0. The third-order valence-electron chi connectivity index (χ3n) is 2.09. The maximum Gasteiger partial charge on any atom is 0.147 e. The molecule has 0 heterocycles. The Hall–Kier alpha value is -0.640. The summed E-state index contributed by atoms with van der Waals surface area (Å²) in [4.78, 5) is 4.40. The first-order chi connectivity index (χ1) is 6.07. The van der Waals surface area contributed by atoms with Crippen molar-refractivity contribution < 1.29 is 9.23 Å². The maximum absolute atomic E-state index is 13.4. The first kappa shape index (κ1) is 10.4. The van der Waals surface area contributed by atoms with Crippen molar-refractivity contribution in [3.8, 4) is 0 Å². The average Bonchev–Trinajstić information content (AvgIpc) is 2.09. The summed E-state index contributed by atoms with van der Waals surface area (Å²) in [5, 5.41) is 0.107. The summed E-state index contributed by atoms with van der Waals surface area (Å²) in [6.07, 6.45) is 0. The molecule has 1 aromatic carbocycles. The first-order valence-corrected chi connectivity index (χ1v) is 4.21. The monoisotopic (exact) mass is 203 g/mol. The zero-order chi connectivity index (χ0) is 10.0. The zero-order valence-corrected chi connectivity index (χ0v) is 8.28. The molecule has 72 valence electrons. The molecule has 0 fully saturated rings. The summed E-state index contributed by atoms with van der Waals surface area (Å²) < 4.78 is 13.4. The van der Waals surface area contributed by atoms with E-state index in [1.165, 1.54) is 0 Å². The van der Waals surface area contributed by atoms with Gasteiger partial charge in [0, 0.05) is 5.56 Å². The van der Waals surface area contributed by atoms with Gasteiger partial charge in [-0.1, -0.05) is 11.6 Å². The number of hydrogen-bond donors (Lipinski definition) is 1. The standard InChI is InChI=1S/C9H11ClFNO/c1-5-3-8(10)9(11)7(4-13-12)6(5)2/h3H,4,12H2,1-2H3. The minimum atomic E-state index is -0.449. The highest BCUT2D eigenvalue weighted by Crippen LogP contribution is 2.25. The van der Waals surface area contributed by atoms with Crippen LogP contribution in [0.1, 0.15) is 16.7 Å². The third kappa shape index (κ3) is 1.99. The van der Waals surface area contributed by atoms with Gasteiger partial charge in [-0.25, -0.2) is 10.3 Å². The van der Waals surface area contributed by atoms with E-state index in [-0.39, 0.29) is 11.6 Å². The van der Waals surface area contributed by atoms with Crippen molar-refractivity contribution in [2.24, 2.45) is 5.90 Å².